The molecule has 0 radical (unpaired) electrons. The minimum absolute atomic E-state index is 0.202. The smallest absolute Gasteiger partial charge is 0.203 e. The van der Waals surface area contributed by atoms with E-state index in [0.29, 0.717) is 6.61 Å². The fourth-order valence-electron chi connectivity index (χ4n) is 3.03. The highest BCUT2D eigenvalue weighted by molar-refractivity contribution is 7.15. The number of anilines is 1. The van der Waals surface area contributed by atoms with E-state index in [1.54, 1.807) is 30.6 Å². The molecule has 1 aliphatic rings. The van der Waals surface area contributed by atoms with Crippen molar-refractivity contribution in [3.8, 4) is 10.6 Å². The zero-order valence-corrected chi connectivity index (χ0v) is 16.0. The van der Waals surface area contributed by atoms with Crippen molar-refractivity contribution in [3.05, 3.63) is 46.5 Å². The molecule has 1 unspecified atom stereocenters. The monoisotopic (exact) mass is 390 g/mol. The number of rotatable bonds is 6. The second-order valence-electron chi connectivity index (χ2n) is 6.18. The lowest BCUT2D eigenvalue weighted by Crippen LogP contribution is -2.15. The Balaban J connectivity index is 1.53. The van der Waals surface area contributed by atoms with Crippen LogP contribution in [0.1, 0.15) is 35.3 Å². The zero-order valence-electron chi connectivity index (χ0n) is 14.4. The highest BCUT2D eigenvalue weighted by Gasteiger charge is 2.26. The van der Waals surface area contributed by atoms with Crippen molar-refractivity contribution in [2.45, 2.75) is 31.7 Å². The highest BCUT2D eigenvalue weighted by Crippen LogP contribution is 2.39. The van der Waals surface area contributed by atoms with Gasteiger partial charge in [0.1, 0.15) is 16.6 Å². The van der Waals surface area contributed by atoms with Crippen molar-refractivity contribution in [2.24, 2.45) is 0 Å². The van der Waals surface area contributed by atoms with Gasteiger partial charge in [-0.25, -0.2) is 14.4 Å². The quantitative estimate of drug-likeness (QED) is 0.672. The molecule has 0 saturated carbocycles. The van der Waals surface area contributed by atoms with Crippen LogP contribution in [-0.2, 0) is 17.6 Å². The van der Waals surface area contributed by atoms with Gasteiger partial charge in [-0.2, -0.15) is 4.37 Å². The maximum absolute atomic E-state index is 13.2. The summed E-state index contributed by atoms with van der Waals surface area (Å²) in [4.78, 5) is 10.6. The van der Waals surface area contributed by atoms with Crippen LogP contribution < -0.4 is 5.32 Å². The molecule has 0 aliphatic heterocycles. The van der Waals surface area contributed by atoms with Crippen LogP contribution in [0.4, 0.5) is 9.52 Å². The van der Waals surface area contributed by atoms with Gasteiger partial charge < -0.3 is 10.1 Å². The van der Waals surface area contributed by atoms with E-state index in [0.717, 1.165) is 52.9 Å². The Kier molecular flexibility index (Phi) is 5.23. The maximum atomic E-state index is 13.2. The largest absolute Gasteiger partial charge is 0.384 e. The number of thiazole rings is 1. The first kappa shape index (κ1) is 17.5. The number of hydrogen-bond acceptors (Lipinski definition) is 7. The topological polar surface area (TPSA) is 59.9 Å². The van der Waals surface area contributed by atoms with Crippen LogP contribution in [0.5, 0.6) is 0 Å². The number of halogens is 1. The second kappa shape index (κ2) is 7.77. The van der Waals surface area contributed by atoms with E-state index in [4.69, 9.17) is 9.72 Å². The van der Waals surface area contributed by atoms with Crippen LogP contribution in [0.25, 0.3) is 10.6 Å². The number of nitrogens with zero attached hydrogens (tertiary/aromatic N) is 3. The number of methoxy groups -OCH3 is 1. The summed E-state index contributed by atoms with van der Waals surface area (Å²) in [6.45, 7) is 0.625. The average Bonchev–Trinajstić information content (AvgIpc) is 3.28. The molecule has 1 atom stereocenters. The van der Waals surface area contributed by atoms with Gasteiger partial charge in [0.05, 0.1) is 23.2 Å². The number of aromatic nitrogens is 3. The zero-order chi connectivity index (χ0) is 17.9. The molecule has 5 nitrogen and oxygen atoms in total. The summed E-state index contributed by atoms with van der Waals surface area (Å²) < 4.78 is 22.6. The Morgan fingerprint density at radius 2 is 2.12 bits per heavy atom. The summed E-state index contributed by atoms with van der Waals surface area (Å²) in [6, 6.07) is 6.74. The van der Waals surface area contributed by atoms with E-state index in [2.05, 4.69) is 14.7 Å². The lowest BCUT2D eigenvalue weighted by atomic mass is 9.98. The molecule has 0 bridgehead atoms. The van der Waals surface area contributed by atoms with Gasteiger partial charge in [-0.05, 0) is 43.5 Å². The molecule has 0 fully saturated rings. The predicted octanol–water partition coefficient (Wildman–Crippen LogP) is 4.48. The van der Waals surface area contributed by atoms with Crippen molar-refractivity contribution < 1.29 is 9.13 Å². The SMILES string of the molecule is COCCc1nsc(NC2CCCc3nc(-c4ccc(F)cc4)sc32)n1. The average molecular weight is 391 g/mol. The summed E-state index contributed by atoms with van der Waals surface area (Å²) in [6.07, 6.45) is 3.85. The lowest BCUT2D eigenvalue weighted by Gasteiger charge is -2.21. The van der Waals surface area contributed by atoms with Gasteiger partial charge >= 0.3 is 0 Å². The Hall–Kier alpha value is -1.90. The molecule has 2 aromatic heterocycles. The van der Waals surface area contributed by atoms with Crippen molar-refractivity contribution in [1.29, 1.82) is 0 Å². The molecule has 2 heterocycles. The van der Waals surface area contributed by atoms with Crippen molar-refractivity contribution >= 4 is 28.0 Å². The van der Waals surface area contributed by atoms with Gasteiger partial charge in [0, 0.05) is 30.6 Å². The Bertz CT molecular complexity index is 878. The van der Waals surface area contributed by atoms with E-state index < -0.39 is 0 Å². The van der Waals surface area contributed by atoms with E-state index in [9.17, 15) is 4.39 Å². The summed E-state index contributed by atoms with van der Waals surface area (Å²) in [5.41, 5.74) is 2.10. The maximum Gasteiger partial charge on any atom is 0.203 e. The minimum atomic E-state index is -0.227. The van der Waals surface area contributed by atoms with Crippen molar-refractivity contribution in [3.63, 3.8) is 0 Å². The molecule has 4 rings (SSSR count). The number of ether oxygens (including phenoxy) is 1. The molecule has 1 N–H and O–H groups in total. The van der Waals surface area contributed by atoms with Crippen molar-refractivity contribution in [2.75, 3.05) is 19.0 Å². The van der Waals surface area contributed by atoms with E-state index in [1.165, 1.54) is 28.5 Å². The third-order valence-electron chi connectivity index (χ3n) is 4.34. The Morgan fingerprint density at radius 1 is 1.27 bits per heavy atom. The molecule has 0 saturated heterocycles. The lowest BCUT2D eigenvalue weighted by molar-refractivity contribution is 0.201. The van der Waals surface area contributed by atoms with Gasteiger partial charge in [0.15, 0.2) is 0 Å². The molecule has 136 valence electrons. The second-order valence-corrected chi connectivity index (χ2v) is 7.97. The van der Waals surface area contributed by atoms with Gasteiger partial charge in [0.25, 0.3) is 0 Å². The van der Waals surface area contributed by atoms with Crippen LogP contribution in [0.3, 0.4) is 0 Å². The van der Waals surface area contributed by atoms with E-state index in [-0.39, 0.29) is 11.9 Å². The molecule has 3 aromatic rings. The fourth-order valence-corrected chi connectivity index (χ4v) is 4.90. The molecule has 0 spiro atoms. The van der Waals surface area contributed by atoms with E-state index >= 15 is 0 Å². The number of nitrogens with one attached hydrogen (secondary N) is 1. The molecular formula is C18H19FN4OS2. The number of fused-ring (bicyclic) bond motifs is 1. The molecule has 26 heavy (non-hydrogen) atoms. The fraction of sp³-hybridized carbons (Fsp3) is 0.389. The summed E-state index contributed by atoms with van der Waals surface area (Å²) in [5, 5.41) is 5.31. The molecule has 0 amide bonds. The van der Waals surface area contributed by atoms with Gasteiger partial charge in [0.2, 0.25) is 5.13 Å². The third-order valence-corrected chi connectivity index (χ3v) is 6.28. The highest BCUT2D eigenvalue weighted by atomic mass is 32.1. The molecule has 1 aromatic carbocycles. The van der Waals surface area contributed by atoms with Gasteiger partial charge in [-0.15, -0.1) is 11.3 Å². The first-order valence-electron chi connectivity index (χ1n) is 8.56. The third kappa shape index (κ3) is 3.77. The number of hydrogen-bond donors (Lipinski definition) is 1. The molecule has 1 aliphatic carbocycles. The van der Waals surface area contributed by atoms with Crippen molar-refractivity contribution in [1.82, 2.24) is 14.3 Å². The normalized spacial score (nSPS) is 16.5. The van der Waals surface area contributed by atoms with Crippen LogP contribution in [0.15, 0.2) is 24.3 Å². The number of benzene rings is 1. The Morgan fingerprint density at radius 3 is 2.92 bits per heavy atom. The predicted molar refractivity (Wildman–Crippen MR) is 102 cm³/mol. The standard InChI is InChI=1S/C18H19FN4OS2/c1-24-10-9-15-22-18(26-23-15)21-14-4-2-3-13-16(14)25-17(20-13)11-5-7-12(19)8-6-11/h5-8,14H,2-4,9-10H2,1H3,(H,21,22,23). The summed E-state index contributed by atoms with van der Waals surface area (Å²) >= 11 is 3.07. The minimum Gasteiger partial charge on any atom is -0.384 e. The molecular weight excluding hydrogens is 371 g/mol. The summed E-state index contributed by atoms with van der Waals surface area (Å²) in [7, 11) is 1.68. The van der Waals surface area contributed by atoms with E-state index in [1.807, 2.05) is 0 Å². The van der Waals surface area contributed by atoms with Gasteiger partial charge in [-0.1, -0.05) is 0 Å². The van der Waals surface area contributed by atoms with Crippen LogP contribution in [0.2, 0.25) is 0 Å². The Labute approximate surface area is 159 Å². The van der Waals surface area contributed by atoms with Crippen LogP contribution in [-0.4, -0.2) is 28.1 Å². The number of aryl methyl sites for hydroxylation is 1. The van der Waals surface area contributed by atoms with Gasteiger partial charge in [-0.3, -0.25) is 0 Å². The summed E-state index contributed by atoms with van der Waals surface area (Å²) in [5.74, 6) is 0.585. The first-order valence-corrected chi connectivity index (χ1v) is 10.2. The van der Waals surface area contributed by atoms with Crippen LogP contribution in [0, 0.1) is 5.82 Å². The molecule has 8 heteroatoms. The first-order chi connectivity index (χ1) is 12.7. The van der Waals surface area contributed by atoms with Crippen LogP contribution >= 0.6 is 22.9 Å².